The fourth-order valence-corrected chi connectivity index (χ4v) is 2.81. The number of hydrogen-bond acceptors (Lipinski definition) is 5. The SMILES string of the molecule is CN(Cc1cnc(C2CCCCC2)nc1)CC(O)CO. The van der Waals surface area contributed by atoms with Gasteiger partial charge in [-0.1, -0.05) is 19.3 Å². The summed E-state index contributed by atoms with van der Waals surface area (Å²) in [5.74, 6) is 1.51. The van der Waals surface area contributed by atoms with Crippen molar-refractivity contribution in [3.05, 3.63) is 23.8 Å². The third kappa shape index (κ3) is 4.51. The smallest absolute Gasteiger partial charge is 0.131 e. The first-order valence-electron chi connectivity index (χ1n) is 7.47. The van der Waals surface area contributed by atoms with Crippen LogP contribution < -0.4 is 0 Å². The number of aromatic nitrogens is 2. The minimum Gasteiger partial charge on any atom is -0.394 e. The van der Waals surface area contributed by atoms with Crippen molar-refractivity contribution in [1.82, 2.24) is 14.9 Å². The molecule has 5 heteroatoms. The van der Waals surface area contributed by atoms with Crippen molar-refractivity contribution in [2.45, 2.75) is 50.7 Å². The molecule has 0 spiro atoms. The van der Waals surface area contributed by atoms with Crippen LogP contribution in [-0.2, 0) is 6.54 Å². The molecule has 0 bridgehead atoms. The van der Waals surface area contributed by atoms with Crippen LogP contribution >= 0.6 is 0 Å². The highest BCUT2D eigenvalue weighted by atomic mass is 16.3. The van der Waals surface area contributed by atoms with Gasteiger partial charge in [0.05, 0.1) is 12.7 Å². The lowest BCUT2D eigenvalue weighted by Gasteiger charge is -2.21. The second kappa shape index (κ2) is 7.67. The van der Waals surface area contributed by atoms with Gasteiger partial charge in [-0.2, -0.15) is 0 Å². The van der Waals surface area contributed by atoms with Crippen molar-refractivity contribution >= 4 is 0 Å². The molecule has 1 aromatic rings. The predicted molar refractivity (Wildman–Crippen MR) is 77.3 cm³/mol. The topological polar surface area (TPSA) is 69.5 Å². The Bertz CT molecular complexity index is 391. The third-order valence-corrected chi connectivity index (χ3v) is 3.88. The minimum atomic E-state index is -0.692. The maximum Gasteiger partial charge on any atom is 0.131 e. The molecule has 0 radical (unpaired) electrons. The van der Waals surface area contributed by atoms with Gasteiger partial charge >= 0.3 is 0 Å². The van der Waals surface area contributed by atoms with Crippen LogP contribution in [0.3, 0.4) is 0 Å². The van der Waals surface area contributed by atoms with Crippen molar-refractivity contribution in [3.8, 4) is 0 Å². The second-order valence-corrected chi connectivity index (χ2v) is 5.82. The van der Waals surface area contributed by atoms with Crippen LogP contribution in [0.15, 0.2) is 12.4 Å². The van der Waals surface area contributed by atoms with E-state index < -0.39 is 6.10 Å². The Morgan fingerprint density at radius 2 is 1.90 bits per heavy atom. The van der Waals surface area contributed by atoms with E-state index in [0.717, 1.165) is 11.4 Å². The Balaban J connectivity index is 1.87. The highest BCUT2D eigenvalue weighted by Crippen LogP contribution is 2.30. The molecular formula is C15H25N3O2. The predicted octanol–water partition coefficient (Wildman–Crippen LogP) is 1.31. The maximum absolute atomic E-state index is 9.40. The van der Waals surface area contributed by atoms with Gasteiger partial charge in [0.15, 0.2) is 0 Å². The summed E-state index contributed by atoms with van der Waals surface area (Å²) < 4.78 is 0. The van der Waals surface area contributed by atoms with Crippen molar-refractivity contribution in [3.63, 3.8) is 0 Å². The van der Waals surface area contributed by atoms with E-state index in [0.29, 0.717) is 19.0 Å². The second-order valence-electron chi connectivity index (χ2n) is 5.82. The van der Waals surface area contributed by atoms with Crippen molar-refractivity contribution in [2.75, 3.05) is 20.2 Å². The Kier molecular flexibility index (Phi) is 5.88. The third-order valence-electron chi connectivity index (χ3n) is 3.88. The minimum absolute atomic E-state index is 0.207. The molecule has 0 aliphatic heterocycles. The van der Waals surface area contributed by atoms with E-state index in [9.17, 15) is 5.11 Å². The van der Waals surface area contributed by atoms with Crippen molar-refractivity contribution < 1.29 is 10.2 Å². The zero-order chi connectivity index (χ0) is 14.4. The summed E-state index contributed by atoms with van der Waals surface area (Å²) in [7, 11) is 1.91. The van der Waals surface area contributed by atoms with Gasteiger partial charge in [-0.15, -0.1) is 0 Å². The Morgan fingerprint density at radius 1 is 1.25 bits per heavy atom. The Hall–Kier alpha value is -1.04. The van der Waals surface area contributed by atoms with Gasteiger partial charge in [-0.25, -0.2) is 9.97 Å². The lowest BCUT2D eigenvalue weighted by molar-refractivity contribution is 0.0647. The van der Waals surface area contributed by atoms with Crippen molar-refractivity contribution in [2.24, 2.45) is 0 Å². The summed E-state index contributed by atoms with van der Waals surface area (Å²) in [5.41, 5.74) is 1.04. The molecule has 2 rings (SSSR count). The van der Waals surface area contributed by atoms with Crippen LogP contribution in [0.25, 0.3) is 0 Å². The van der Waals surface area contributed by atoms with Gasteiger partial charge in [0.1, 0.15) is 5.82 Å². The molecule has 20 heavy (non-hydrogen) atoms. The van der Waals surface area contributed by atoms with Crippen LogP contribution in [-0.4, -0.2) is 51.4 Å². The molecule has 2 N–H and O–H groups in total. The highest BCUT2D eigenvalue weighted by Gasteiger charge is 2.17. The zero-order valence-electron chi connectivity index (χ0n) is 12.2. The van der Waals surface area contributed by atoms with Crippen LogP contribution in [0.4, 0.5) is 0 Å². The molecule has 1 fully saturated rings. The summed E-state index contributed by atoms with van der Waals surface area (Å²) in [5, 5.41) is 18.2. The van der Waals surface area contributed by atoms with Gasteiger partial charge in [0.25, 0.3) is 0 Å². The lowest BCUT2D eigenvalue weighted by Crippen LogP contribution is -2.31. The number of hydrogen-bond donors (Lipinski definition) is 2. The van der Waals surface area contributed by atoms with Gasteiger partial charge in [-0.3, -0.25) is 4.90 Å². The maximum atomic E-state index is 9.40. The summed E-state index contributed by atoms with van der Waals surface area (Å²) in [4.78, 5) is 11.0. The number of aliphatic hydroxyl groups is 2. The molecule has 1 aliphatic carbocycles. The monoisotopic (exact) mass is 279 g/mol. The van der Waals surface area contributed by atoms with Gasteiger partial charge in [0, 0.05) is 37.0 Å². The summed E-state index contributed by atoms with van der Waals surface area (Å²) in [6.45, 7) is 0.921. The van der Waals surface area contributed by atoms with E-state index in [-0.39, 0.29) is 6.61 Å². The molecule has 112 valence electrons. The van der Waals surface area contributed by atoms with E-state index in [1.54, 1.807) is 0 Å². The first-order valence-corrected chi connectivity index (χ1v) is 7.47. The van der Waals surface area contributed by atoms with Gasteiger partial charge in [0.2, 0.25) is 0 Å². The fourth-order valence-electron chi connectivity index (χ4n) is 2.81. The average Bonchev–Trinajstić information content (AvgIpc) is 2.48. The molecule has 1 aromatic heterocycles. The lowest BCUT2D eigenvalue weighted by atomic mass is 9.89. The first kappa shape index (κ1) is 15.4. The van der Waals surface area contributed by atoms with E-state index in [1.165, 1.54) is 32.1 Å². The quantitative estimate of drug-likeness (QED) is 0.821. The Labute approximate surface area is 120 Å². The molecular weight excluding hydrogens is 254 g/mol. The molecule has 0 amide bonds. The number of aliphatic hydroxyl groups excluding tert-OH is 2. The summed E-state index contributed by atoms with van der Waals surface area (Å²) >= 11 is 0. The molecule has 1 atom stereocenters. The normalized spacial score (nSPS) is 18.4. The fraction of sp³-hybridized carbons (Fsp3) is 0.733. The standard InChI is InChI=1S/C15H25N3O2/c1-18(10-14(20)11-19)9-12-7-16-15(17-8-12)13-5-3-2-4-6-13/h7-8,13-14,19-20H,2-6,9-11H2,1H3. The van der Waals surface area contributed by atoms with E-state index in [1.807, 2.05) is 24.3 Å². The van der Waals surface area contributed by atoms with E-state index in [2.05, 4.69) is 9.97 Å². The molecule has 0 aromatic carbocycles. The van der Waals surface area contributed by atoms with Crippen molar-refractivity contribution in [1.29, 1.82) is 0 Å². The van der Waals surface area contributed by atoms with Gasteiger partial charge in [-0.05, 0) is 19.9 Å². The van der Waals surface area contributed by atoms with Gasteiger partial charge < -0.3 is 10.2 Å². The molecule has 1 saturated carbocycles. The van der Waals surface area contributed by atoms with Crippen LogP contribution in [0.1, 0.15) is 49.4 Å². The highest BCUT2D eigenvalue weighted by molar-refractivity contribution is 5.08. The van der Waals surface area contributed by atoms with E-state index in [4.69, 9.17) is 5.11 Å². The van der Waals surface area contributed by atoms with E-state index >= 15 is 0 Å². The Morgan fingerprint density at radius 3 is 2.50 bits per heavy atom. The molecule has 5 nitrogen and oxygen atoms in total. The van der Waals surface area contributed by atoms with Crippen LogP contribution in [0.5, 0.6) is 0 Å². The largest absolute Gasteiger partial charge is 0.394 e. The first-order chi connectivity index (χ1) is 9.69. The number of rotatable bonds is 6. The number of likely N-dealkylation sites (N-methyl/N-ethyl adjacent to an activating group) is 1. The molecule has 1 aliphatic rings. The average molecular weight is 279 g/mol. The number of nitrogens with zero attached hydrogens (tertiary/aromatic N) is 3. The summed E-state index contributed by atoms with van der Waals surface area (Å²) in [6, 6.07) is 0. The van der Waals surface area contributed by atoms with Crippen LogP contribution in [0, 0.1) is 0 Å². The summed E-state index contributed by atoms with van der Waals surface area (Å²) in [6.07, 6.45) is 9.42. The molecule has 1 unspecified atom stereocenters. The molecule has 0 saturated heterocycles. The molecule has 1 heterocycles. The van der Waals surface area contributed by atoms with Crippen LogP contribution in [0.2, 0.25) is 0 Å². The zero-order valence-corrected chi connectivity index (χ0v) is 12.2.